The highest BCUT2D eigenvalue weighted by Gasteiger charge is 2.12. The van der Waals surface area contributed by atoms with Gasteiger partial charge in [-0.25, -0.2) is 0 Å². The average molecular weight is 468 g/mol. The predicted molar refractivity (Wildman–Crippen MR) is 97.2 cm³/mol. The van der Waals surface area contributed by atoms with Gasteiger partial charge >= 0.3 is 0 Å². The summed E-state index contributed by atoms with van der Waals surface area (Å²) >= 11 is 18.8. The molecule has 0 aromatic heterocycles. The van der Waals surface area contributed by atoms with E-state index in [1.54, 1.807) is 18.2 Å². The molecule has 0 aliphatic rings. The first-order valence-electron chi connectivity index (χ1n) is 6.21. The molecule has 116 valence electrons. The molecule has 0 saturated heterocycles. The predicted octanol–water partition coefficient (Wildman–Crippen LogP) is 5.84. The van der Waals surface area contributed by atoms with Gasteiger partial charge in [0.2, 0.25) is 0 Å². The van der Waals surface area contributed by atoms with Gasteiger partial charge in [0.1, 0.15) is 5.75 Å². The van der Waals surface area contributed by atoms with Gasteiger partial charge in [-0.3, -0.25) is 4.79 Å². The number of amides is 1. The summed E-state index contributed by atoms with van der Waals surface area (Å²) in [5.74, 6) is 0.271. The van der Waals surface area contributed by atoms with Crippen LogP contribution in [0.1, 0.15) is 5.56 Å². The van der Waals surface area contributed by atoms with E-state index in [4.69, 9.17) is 27.9 Å². The fraction of sp³-hybridized carbons (Fsp3) is 0.133. The van der Waals surface area contributed by atoms with E-state index < -0.39 is 0 Å². The molecule has 0 radical (unpaired) electrons. The minimum absolute atomic E-state index is 0.150. The average Bonchev–Trinajstić information content (AvgIpc) is 2.42. The maximum Gasteiger partial charge on any atom is 0.262 e. The molecule has 2 aromatic rings. The summed E-state index contributed by atoms with van der Waals surface area (Å²) in [4.78, 5) is 12.0. The molecule has 0 unspecified atom stereocenters. The van der Waals surface area contributed by atoms with E-state index in [1.807, 2.05) is 19.1 Å². The fourth-order valence-electron chi connectivity index (χ4n) is 1.80. The van der Waals surface area contributed by atoms with Gasteiger partial charge in [0, 0.05) is 4.47 Å². The third-order valence-electron chi connectivity index (χ3n) is 2.77. The number of nitrogens with one attached hydrogen (secondary N) is 1. The van der Waals surface area contributed by atoms with Crippen LogP contribution in [0, 0.1) is 6.92 Å². The van der Waals surface area contributed by atoms with Gasteiger partial charge in [0.05, 0.1) is 20.2 Å². The summed E-state index contributed by atoms with van der Waals surface area (Å²) in [6.45, 7) is 1.75. The number of ether oxygens (including phenoxy) is 1. The number of rotatable bonds is 4. The number of hydrogen-bond acceptors (Lipinski definition) is 2. The first-order chi connectivity index (χ1) is 10.4. The van der Waals surface area contributed by atoms with Crippen molar-refractivity contribution >= 4 is 66.7 Å². The summed E-state index contributed by atoms with van der Waals surface area (Å²) in [7, 11) is 0. The number of benzene rings is 2. The first kappa shape index (κ1) is 17.6. The van der Waals surface area contributed by atoms with Crippen molar-refractivity contribution in [2.24, 2.45) is 0 Å². The number of aryl methyl sites for hydroxylation is 1. The summed E-state index contributed by atoms with van der Waals surface area (Å²) in [6, 6.07) is 8.77. The SMILES string of the molecule is Cc1cc(Br)cc(Br)c1OCC(=O)Nc1c(Cl)cccc1Cl. The molecule has 2 aromatic carbocycles. The molecule has 0 atom stereocenters. The monoisotopic (exact) mass is 465 g/mol. The van der Waals surface area contributed by atoms with Crippen molar-refractivity contribution in [3.8, 4) is 5.75 Å². The van der Waals surface area contributed by atoms with Crippen molar-refractivity contribution in [2.75, 3.05) is 11.9 Å². The highest BCUT2D eigenvalue weighted by atomic mass is 79.9. The number of para-hydroxylation sites is 1. The van der Waals surface area contributed by atoms with Crippen molar-refractivity contribution in [1.82, 2.24) is 0 Å². The van der Waals surface area contributed by atoms with Gasteiger partial charge in [-0.2, -0.15) is 0 Å². The highest BCUT2D eigenvalue weighted by molar-refractivity contribution is 9.11. The number of halogens is 4. The topological polar surface area (TPSA) is 38.3 Å². The lowest BCUT2D eigenvalue weighted by Crippen LogP contribution is -2.21. The van der Waals surface area contributed by atoms with Crippen LogP contribution in [0.2, 0.25) is 10.0 Å². The molecule has 3 nitrogen and oxygen atoms in total. The van der Waals surface area contributed by atoms with Crippen molar-refractivity contribution in [1.29, 1.82) is 0 Å². The lowest BCUT2D eigenvalue weighted by atomic mass is 10.2. The van der Waals surface area contributed by atoms with E-state index in [2.05, 4.69) is 37.2 Å². The zero-order valence-electron chi connectivity index (χ0n) is 11.4. The van der Waals surface area contributed by atoms with Crippen LogP contribution in [-0.2, 0) is 4.79 Å². The van der Waals surface area contributed by atoms with E-state index in [0.29, 0.717) is 21.5 Å². The molecule has 0 aliphatic carbocycles. The maximum absolute atomic E-state index is 12.0. The van der Waals surface area contributed by atoms with Gasteiger partial charge in [-0.05, 0) is 52.7 Å². The second-order valence-electron chi connectivity index (χ2n) is 4.47. The number of hydrogen-bond donors (Lipinski definition) is 1. The van der Waals surface area contributed by atoms with Crippen LogP contribution in [0.5, 0.6) is 5.75 Å². The Kier molecular flexibility index (Phi) is 6.15. The standard InChI is InChI=1S/C15H11Br2Cl2NO2/c1-8-5-9(16)6-10(17)15(8)22-7-13(21)20-14-11(18)3-2-4-12(14)19/h2-6H,7H2,1H3,(H,20,21). The van der Waals surface area contributed by atoms with E-state index in [-0.39, 0.29) is 12.5 Å². The summed E-state index contributed by atoms with van der Waals surface area (Å²) < 4.78 is 7.26. The molecule has 0 bridgehead atoms. The zero-order valence-corrected chi connectivity index (χ0v) is 16.1. The first-order valence-corrected chi connectivity index (χ1v) is 8.55. The van der Waals surface area contributed by atoms with Crippen LogP contribution in [0.3, 0.4) is 0 Å². The van der Waals surface area contributed by atoms with Gasteiger partial charge in [-0.15, -0.1) is 0 Å². The van der Waals surface area contributed by atoms with Gasteiger partial charge in [-0.1, -0.05) is 45.2 Å². The van der Waals surface area contributed by atoms with Gasteiger partial charge in [0.15, 0.2) is 6.61 Å². The molecule has 1 amide bonds. The molecule has 2 rings (SSSR count). The minimum Gasteiger partial charge on any atom is -0.482 e. The zero-order chi connectivity index (χ0) is 16.3. The largest absolute Gasteiger partial charge is 0.482 e. The maximum atomic E-state index is 12.0. The summed E-state index contributed by atoms with van der Waals surface area (Å²) in [6.07, 6.45) is 0. The molecule has 1 N–H and O–H groups in total. The van der Waals surface area contributed by atoms with Crippen molar-refractivity contribution < 1.29 is 9.53 Å². The molecule has 0 fully saturated rings. The van der Waals surface area contributed by atoms with Crippen LogP contribution in [0.15, 0.2) is 39.3 Å². The number of anilines is 1. The van der Waals surface area contributed by atoms with Crippen LogP contribution in [0.25, 0.3) is 0 Å². The Morgan fingerprint density at radius 3 is 2.45 bits per heavy atom. The second-order valence-corrected chi connectivity index (χ2v) is 7.05. The molecule has 0 saturated carbocycles. The minimum atomic E-state index is -0.343. The van der Waals surface area contributed by atoms with Crippen LogP contribution in [-0.4, -0.2) is 12.5 Å². The Morgan fingerprint density at radius 1 is 1.23 bits per heavy atom. The Hall–Kier alpha value is -0.750. The molecular weight excluding hydrogens is 457 g/mol. The lowest BCUT2D eigenvalue weighted by Gasteiger charge is -2.13. The van der Waals surface area contributed by atoms with Crippen LogP contribution < -0.4 is 10.1 Å². The molecule has 7 heteroatoms. The van der Waals surface area contributed by atoms with Crippen molar-refractivity contribution in [2.45, 2.75) is 6.92 Å². The van der Waals surface area contributed by atoms with Gasteiger partial charge in [0.25, 0.3) is 5.91 Å². The summed E-state index contributed by atoms with van der Waals surface area (Å²) in [5, 5.41) is 3.40. The third-order valence-corrected chi connectivity index (χ3v) is 4.45. The lowest BCUT2D eigenvalue weighted by molar-refractivity contribution is -0.118. The quantitative estimate of drug-likeness (QED) is 0.613. The normalized spacial score (nSPS) is 10.4. The smallest absolute Gasteiger partial charge is 0.262 e. The van der Waals surface area contributed by atoms with E-state index >= 15 is 0 Å². The third kappa shape index (κ3) is 4.38. The number of carbonyl (C=O) groups excluding carboxylic acids is 1. The highest BCUT2D eigenvalue weighted by Crippen LogP contribution is 2.33. The molecular formula is C15H11Br2Cl2NO2. The molecule has 0 aliphatic heterocycles. The van der Waals surface area contributed by atoms with E-state index in [1.165, 1.54) is 0 Å². The Morgan fingerprint density at radius 2 is 1.86 bits per heavy atom. The molecule has 22 heavy (non-hydrogen) atoms. The van der Waals surface area contributed by atoms with Crippen molar-refractivity contribution in [3.63, 3.8) is 0 Å². The van der Waals surface area contributed by atoms with Crippen molar-refractivity contribution in [3.05, 3.63) is 54.9 Å². The molecule has 0 spiro atoms. The fourth-order valence-corrected chi connectivity index (χ4v) is 3.85. The van der Waals surface area contributed by atoms with E-state index in [9.17, 15) is 4.79 Å². The Balaban J connectivity index is 2.05. The molecule has 0 heterocycles. The van der Waals surface area contributed by atoms with Crippen LogP contribution in [0.4, 0.5) is 5.69 Å². The van der Waals surface area contributed by atoms with Gasteiger partial charge < -0.3 is 10.1 Å². The summed E-state index contributed by atoms with van der Waals surface area (Å²) in [5.41, 5.74) is 1.29. The van der Waals surface area contributed by atoms with E-state index in [0.717, 1.165) is 14.5 Å². The second kappa shape index (κ2) is 7.68. The number of carbonyl (C=O) groups is 1. The Labute approximate surface area is 155 Å². The Bertz CT molecular complexity index is 679. The van der Waals surface area contributed by atoms with Crippen LogP contribution >= 0.6 is 55.1 Å².